The molecule has 6 nitrogen and oxygen atoms in total. The molecular weight excluding hydrogens is 318 g/mol. The van der Waals surface area contributed by atoms with E-state index in [-0.39, 0.29) is 24.2 Å². The average molecular weight is 341 g/mol. The van der Waals surface area contributed by atoms with Gasteiger partial charge in [-0.1, -0.05) is 26.0 Å². The molecule has 2 N–H and O–H groups in total. The molecule has 0 spiro atoms. The first-order valence-corrected chi connectivity index (χ1v) is 8.12. The molecule has 0 bridgehead atoms. The van der Waals surface area contributed by atoms with Crippen molar-refractivity contribution in [2.24, 2.45) is 5.92 Å². The van der Waals surface area contributed by atoms with E-state index in [1.807, 2.05) is 44.2 Å². The van der Waals surface area contributed by atoms with E-state index in [2.05, 4.69) is 15.6 Å². The zero-order chi connectivity index (χ0) is 18.2. The Labute approximate surface area is 147 Å². The van der Waals surface area contributed by atoms with Crippen LogP contribution in [0.25, 0.3) is 0 Å². The molecular formula is C19H23N3O3. The lowest BCUT2D eigenvalue weighted by molar-refractivity contribution is -0.119. The van der Waals surface area contributed by atoms with Crippen molar-refractivity contribution in [3.63, 3.8) is 0 Å². The monoisotopic (exact) mass is 341 g/mol. The van der Waals surface area contributed by atoms with E-state index in [4.69, 9.17) is 4.74 Å². The first-order valence-electron chi connectivity index (χ1n) is 8.12. The molecule has 0 radical (unpaired) electrons. The summed E-state index contributed by atoms with van der Waals surface area (Å²) in [5.74, 6) is 0.248. The Balaban J connectivity index is 2.07. The number of carbonyl (C=O) groups excluding carboxylic acids is 2. The van der Waals surface area contributed by atoms with Gasteiger partial charge < -0.3 is 15.4 Å². The predicted octanol–water partition coefficient (Wildman–Crippen LogP) is 3.12. The number of ketones is 1. The van der Waals surface area contributed by atoms with Crippen LogP contribution in [0.2, 0.25) is 0 Å². The third kappa shape index (κ3) is 5.39. The van der Waals surface area contributed by atoms with E-state index < -0.39 is 0 Å². The number of aromatic nitrogens is 1. The van der Waals surface area contributed by atoms with Crippen molar-refractivity contribution in [1.82, 2.24) is 4.98 Å². The van der Waals surface area contributed by atoms with Crippen LogP contribution < -0.4 is 10.6 Å². The minimum Gasteiger partial charge on any atom is -0.380 e. The number of rotatable bonds is 8. The number of methoxy groups -OCH3 is 1. The van der Waals surface area contributed by atoms with Gasteiger partial charge in [-0.15, -0.1) is 0 Å². The number of Topliss-reactive ketones (excluding diaryl/α,β-unsaturated/α-hetero) is 1. The standard InChI is InChI=1S/C19H23N3O3/c1-13(2)19(24)15-6-4-5-7-16(15)21-11-14-8-9-20-17(10-14)22-18(23)12-25-3/h4-10,13,21H,11-12H2,1-3H3,(H,20,22,23). The fraction of sp³-hybridized carbons (Fsp3) is 0.316. The Morgan fingerprint density at radius 3 is 2.68 bits per heavy atom. The number of amides is 1. The number of pyridine rings is 1. The van der Waals surface area contributed by atoms with E-state index in [1.54, 1.807) is 12.3 Å². The number of ether oxygens (including phenoxy) is 1. The van der Waals surface area contributed by atoms with Crippen LogP contribution in [0.4, 0.5) is 11.5 Å². The smallest absolute Gasteiger partial charge is 0.251 e. The quantitative estimate of drug-likeness (QED) is 0.721. The minimum atomic E-state index is -0.256. The van der Waals surface area contributed by atoms with Gasteiger partial charge in [-0.05, 0) is 29.8 Å². The van der Waals surface area contributed by atoms with Gasteiger partial charge >= 0.3 is 0 Å². The summed E-state index contributed by atoms with van der Waals surface area (Å²) in [5, 5.41) is 5.95. The van der Waals surface area contributed by atoms with Gasteiger partial charge in [0.05, 0.1) is 0 Å². The van der Waals surface area contributed by atoms with Gasteiger partial charge in [0.25, 0.3) is 5.91 Å². The van der Waals surface area contributed by atoms with Gasteiger partial charge in [0, 0.05) is 37.0 Å². The Morgan fingerprint density at radius 2 is 1.96 bits per heavy atom. The van der Waals surface area contributed by atoms with Crippen LogP contribution in [0.5, 0.6) is 0 Å². The molecule has 1 heterocycles. The summed E-state index contributed by atoms with van der Waals surface area (Å²) in [6.45, 7) is 4.26. The first kappa shape index (κ1) is 18.6. The SMILES string of the molecule is COCC(=O)Nc1cc(CNc2ccccc2C(=O)C(C)C)ccn1. The van der Waals surface area contributed by atoms with Crippen LogP contribution in [0.3, 0.4) is 0 Å². The van der Waals surface area contributed by atoms with Gasteiger partial charge in [0.15, 0.2) is 5.78 Å². The fourth-order valence-corrected chi connectivity index (χ4v) is 2.32. The number of benzene rings is 1. The Morgan fingerprint density at radius 1 is 1.20 bits per heavy atom. The molecule has 0 aliphatic rings. The summed E-state index contributed by atoms with van der Waals surface area (Å²) in [7, 11) is 1.46. The summed E-state index contributed by atoms with van der Waals surface area (Å²) in [5.41, 5.74) is 2.41. The summed E-state index contributed by atoms with van der Waals surface area (Å²) in [6.07, 6.45) is 1.63. The van der Waals surface area contributed by atoms with Crippen LogP contribution in [-0.4, -0.2) is 30.4 Å². The highest BCUT2D eigenvalue weighted by atomic mass is 16.5. The molecule has 0 saturated heterocycles. The number of para-hydroxylation sites is 1. The molecule has 25 heavy (non-hydrogen) atoms. The second-order valence-corrected chi connectivity index (χ2v) is 5.95. The molecule has 132 valence electrons. The minimum absolute atomic E-state index is 0.0190. The van der Waals surface area contributed by atoms with Crippen molar-refractivity contribution >= 4 is 23.2 Å². The van der Waals surface area contributed by atoms with Crippen molar-refractivity contribution < 1.29 is 14.3 Å². The zero-order valence-electron chi connectivity index (χ0n) is 14.7. The molecule has 1 amide bonds. The Bertz CT molecular complexity index is 744. The topological polar surface area (TPSA) is 80.3 Å². The third-order valence-corrected chi connectivity index (χ3v) is 3.57. The summed E-state index contributed by atoms with van der Waals surface area (Å²) in [4.78, 5) is 28.0. The number of hydrogen-bond donors (Lipinski definition) is 2. The maximum absolute atomic E-state index is 12.3. The summed E-state index contributed by atoms with van der Waals surface area (Å²) >= 11 is 0. The molecule has 1 aromatic carbocycles. The van der Waals surface area contributed by atoms with Crippen LogP contribution in [0.15, 0.2) is 42.6 Å². The molecule has 2 aromatic rings. The zero-order valence-corrected chi connectivity index (χ0v) is 14.7. The van der Waals surface area contributed by atoms with Gasteiger partial charge in [-0.2, -0.15) is 0 Å². The van der Waals surface area contributed by atoms with Crippen LogP contribution in [0, 0.1) is 5.92 Å². The highest BCUT2D eigenvalue weighted by molar-refractivity contribution is 6.02. The molecule has 0 aliphatic heterocycles. The van der Waals surface area contributed by atoms with Gasteiger partial charge in [-0.3, -0.25) is 9.59 Å². The van der Waals surface area contributed by atoms with E-state index in [0.717, 1.165) is 11.3 Å². The van der Waals surface area contributed by atoms with Crippen molar-refractivity contribution in [2.75, 3.05) is 24.4 Å². The highest BCUT2D eigenvalue weighted by Crippen LogP contribution is 2.20. The molecule has 0 atom stereocenters. The highest BCUT2D eigenvalue weighted by Gasteiger charge is 2.14. The molecule has 2 rings (SSSR count). The molecule has 1 aromatic heterocycles. The van der Waals surface area contributed by atoms with E-state index in [9.17, 15) is 9.59 Å². The second-order valence-electron chi connectivity index (χ2n) is 5.95. The lowest BCUT2D eigenvalue weighted by Crippen LogP contribution is -2.18. The van der Waals surface area contributed by atoms with Crippen molar-refractivity contribution in [2.45, 2.75) is 20.4 Å². The largest absolute Gasteiger partial charge is 0.380 e. The maximum Gasteiger partial charge on any atom is 0.251 e. The van der Waals surface area contributed by atoms with Gasteiger partial charge in [0.1, 0.15) is 12.4 Å². The molecule has 0 fully saturated rings. The number of nitrogens with zero attached hydrogens (tertiary/aromatic N) is 1. The lowest BCUT2D eigenvalue weighted by Gasteiger charge is -2.13. The normalized spacial score (nSPS) is 10.6. The first-order chi connectivity index (χ1) is 12.0. The number of nitrogens with one attached hydrogen (secondary N) is 2. The molecule has 0 aliphatic carbocycles. The van der Waals surface area contributed by atoms with E-state index in [1.165, 1.54) is 7.11 Å². The molecule has 0 saturated carbocycles. The van der Waals surface area contributed by atoms with Crippen LogP contribution in [-0.2, 0) is 16.1 Å². The van der Waals surface area contributed by atoms with E-state index in [0.29, 0.717) is 17.9 Å². The lowest BCUT2D eigenvalue weighted by atomic mass is 9.99. The molecule has 0 unspecified atom stereocenters. The van der Waals surface area contributed by atoms with Crippen molar-refractivity contribution in [1.29, 1.82) is 0 Å². The number of hydrogen-bond acceptors (Lipinski definition) is 5. The van der Waals surface area contributed by atoms with Crippen LogP contribution in [0.1, 0.15) is 29.8 Å². The third-order valence-electron chi connectivity index (χ3n) is 3.57. The number of anilines is 2. The average Bonchev–Trinajstić information content (AvgIpc) is 2.60. The fourth-order valence-electron chi connectivity index (χ4n) is 2.32. The number of carbonyl (C=O) groups is 2. The van der Waals surface area contributed by atoms with Crippen molar-refractivity contribution in [3.8, 4) is 0 Å². The van der Waals surface area contributed by atoms with Gasteiger partial charge in [0.2, 0.25) is 0 Å². The predicted molar refractivity (Wildman–Crippen MR) is 97.7 cm³/mol. The Kier molecular flexibility index (Phi) is 6.65. The maximum atomic E-state index is 12.3. The molecule has 6 heteroatoms. The van der Waals surface area contributed by atoms with E-state index >= 15 is 0 Å². The Hall–Kier alpha value is -2.73. The summed E-state index contributed by atoms with van der Waals surface area (Å²) < 4.78 is 4.78. The van der Waals surface area contributed by atoms with Gasteiger partial charge in [-0.25, -0.2) is 4.98 Å². The van der Waals surface area contributed by atoms with Crippen molar-refractivity contribution in [3.05, 3.63) is 53.7 Å². The second kappa shape index (κ2) is 8.94. The van der Waals surface area contributed by atoms with Crippen LogP contribution >= 0.6 is 0 Å². The summed E-state index contributed by atoms with van der Waals surface area (Å²) in [6, 6.07) is 11.1.